The van der Waals surface area contributed by atoms with E-state index in [1.165, 1.54) is 12.1 Å². The fraction of sp³-hybridized carbons (Fsp3) is 0.0556. The largest absolute Gasteiger partial charge is 0.324 e. The van der Waals surface area contributed by atoms with Crippen LogP contribution in [0, 0.1) is 0 Å². The Bertz CT molecular complexity index is 1200. The minimum Gasteiger partial charge on any atom is -0.324 e. The molecule has 0 unspecified atom stereocenters. The minimum absolute atomic E-state index is 0.000605. The number of anilines is 2. The van der Waals surface area contributed by atoms with Crippen molar-refractivity contribution in [2.45, 2.75) is 11.3 Å². The molecule has 0 bridgehead atoms. The molecule has 1 amide bonds. The van der Waals surface area contributed by atoms with Gasteiger partial charge in [-0.15, -0.1) is 11.3 Å². The van der Waals surface area contributed by atoms with Gasteiger partial charge in [-0.1, -0.05) is 30.3 Å². The van der Waals surface area contributed by atoms with E-state index in [1.807, 2.05) is 24.3 Å². The van der Waals surface area contributed by atoms with Gasteiger partial charge in [0.1, 0.15) is 0 Å². The summed E-state index contributed by atoms with van der Waals surface area (Å²) >= 11 is 1.12. The van der Waals surface area contributed by atoms with E-state index in [-0.39, 0.29) is 22.4 Å². The lowest BCUT2D eigenvalue weighted by Crippen LogP contribution is -2.16. The molecule has 0 saturated carbocycles. The summed E-state index contributed by atoms with van der Waals surface area (Å²) < 4.78 is 27.1. The van der Waals surface area contributed by atoms with Crippen molar-refractivity contribution in [1.82, 2.24) is 15.0 Å². The van der Waals surface area contributed by atoms with Gasteiger partial charge in [0.25, 0.3) is 10.0 Å². The van der Waals surface area contributed by atoms with Gasteiger partial charge in [0.15, 0.2) is 5.13 Å². The highest BCUT2D eigenvalue weighted by Crippen LogP contribution is 2.21. The van der Waals surface area contributed by atoms with E-state index in [1.54, 1.807) is 23.6 Å². The van der Waals surface area contributed by atoms with E-state index in [2.05, 4.69) is 25.0 Å². The number of fused-ring (bicyclic) bond motifs is 1. The van der Waals surface area contributed by atoms with Crippen molar-refractivity contribution >= 4 is 49.4 Å². The number of nitrogens with zero attached hydrogens (tertiary/aromatic N) is 2. The average Bonchev–Trinajstić information content (AvgIpc) is 3.27. The molecule has 0 aliphatic rings. The third-order valence-corrected chi connectivity index (χ3v) is 6.11. The lowest BCUT2D eigenvalue weighted by atomic mass is 10.3. The number of amides is 1. The van der Waals surface area contributed by atoms with Gasteiger partial charge in [-0.25, -0.2) is 18.4 Å². The van der Waals surface area contributed by atoms with Crippen molar-refractivity contribution in [2.75, 3.05) is 10.0 Å². The van der Waals surface area contributed by atoms with Crippen LogP contribution in [0.4, 0.5) is 11.1 Å². The maximum Gasteiger partial charge on any atom is 0.263 e. The lowest BCUT2D eigenvalue weighted by molar-refractivity contribution is -0.115. The van der Waals surface area contributed by atoms with Gasteiger partial charge in [-0.2, -0.15) is 0 Å². The Kier molecular flexibility index (Phi) is 4.80. The summed E-state index contributed by atoms with van der Waals surface area (Å²) in [7, 11) is -3.71. The Hall–Kier alpha value is -3.24. The Morgan fingerprint density at radius 2 is 1.79 bits per heavy atom. The number of hydrogen-bond donors (Lipinski definition) is 3. The van der Waals surface area contributed by atoms with Gasteiger partial charge >= 0.3 is 0 Å². The molecule has 0 aliphatic heterocycles. The van der Waals surface area contributed by atoms with Gasteiger partial charge in [-0.3, -0.25) is 14.8 Å². The van der Waals surface area contributed by atoms with Crippen LogP contribution in [0.1, 0.15) is 5.69 Å². The number of hydrogen-bond acceptors (Lipinski definition) is 6. The molecule has 2 heterocycles. The fourth-order valence-corrected chi connectivity index (χ4v) is 4.55. The first kappa shape index (κ1) is 18.1. The smallest absolute Gasteiger partial charge is 0.263 e. The Morgan fingerprint density at radius 1 is 1.04 bits per heavy atom. The molecule has 3 N–H and O–H groups in total. The summed E-state index contributed by atoms with van der Waals surface area (Å²) in [5.74, 6) is 0.0493. The second-order valence-corrected chi connectivity index (χ2v) is 8.43. The van der Waals surface area contributed by atoms with Crippen molar-refractivity contribution in [3.63, 3.8) is 0 Å². The maximum atomic E-state index is 12.3. The van der Waals surface area contributed by atoms with Gasteiger partial charge in [0, 0.05) is 5.38 Å². The number of benzene rings is 2. The number of sulfonamides is 1. The first-order chi connectivity index (χ1) is 13.5. The summed E-state index contributed by atoms with van der Waals surface area (Å²) in [6.07, 6.45) is 0.000605. The summed E-state index contributed by atoms with van der Waals surface area (Å²) in [5.41, 5.74) is 2.04. The molecule has 142 valence electrons. The average molecular weight is 413 g/mol. The minimum atomic E-state index is -3.71. The Labute approximate surface area is 164 Å². The molecule has 28 heavy (non-hydrogen) atoms. The predicted octanol–water partition coefficient (Wildman–Crippen LogP) is 3.00. The number of carbonyl (C=O) groups excluding carboxylic acids is 1. The molecule has 0 atom stereocenters. The third-order valence-electron chi connectivity index (χ3n) is 3.82. The topological polar surface area (TPSA) is 117 Å². The zero-order valence-electron chi connectivity index (χ0n) is 14.4. The zero-order chi connectivity index (χ0) is 19.6. The lowest BCUT2D eigenvalue weighted by Gasteiger charge is -2.04. The van der Waals surface area contributed by atoms with Gasteiger partial charge in [0.05, 0.1) is 28.0 Å². The molecular formula is C18H15N5O3S2. The predicted molar refractivity (Wildman–Crippen MR) is 108 cm³/mol. The van der Waals surface area contributed by atoms with Gasteiger partial charge in [-0.05, 0) is 24.3 Å². The molecular weight excluding hydrogens is 398 g/mol. The van der Waals surface area contributed by atoms with Gasteiger partial charge < -0.3 is 4.98 Å². The summed E-state index contributed by atoms with van der Waals surface area (Å²) in [5, 5.41) is 4.53. The van der Waals surface area contributed by atoms with Crippen molar-refractivity contribution in [3.05, 3.63) is 65.7 Å². The van der Waals surface area contributed by atoms with E-state index in [9.17, 15) is 13.2 Å². The van der Waals surface area contributed by atoms with Crippen molar-refractivity contribution < 1.29 is 13.2 Å². The van der Waals surface area contributed by atoms with Crippen LogP contribution in [0.2, 0.25) is 0 Å². The van der Waals surface area contributed by atoms with E-state index in [0.29, 0.717) is 11.6 Å². The molecule has 10 heteroatoms. The van der Waals surface area contributed by atoms with Gasteiger partial charge in [0.2, 0.25) is 11.9 Å². The number of carbonyl (C=O) groups is 1. The molecule has 0 fully saturated rings. The zero-order valence-corrected chi connectivity index (χ0v) is 16.0. The molecule has 4 rings (SSSR count). The van der Waals surface area contributed by atoms with Crippen LogP contribution in [0.3, 0.4) is 0 Å². The number of para-hydroxylation sites is 2. The first-order valence-electron chi connectivity index (χ1n) is 8.26. The SMILES string of the molecule is O=C(Cc1csc(NS(=O)(=O)c2ccccc2)n1)Nc1nc2ccccc2[nH]1. The second-order valence-electron chi connectivity index (χ2n) is 5.89. The maximum absolute atomic E-state index is 12.3. The number of rotatable bonds is 6. The van der Waals surface area contributed by atoms with E-state index in [4.69, 9.17) is 0 Å². The Morgan fingerprint density at radius 3 is 2.57 bits per heavy atom. The van der Waals surface area contributed by atoms with E-state index < -0.39 is 10.0 Å². The van der Waals surface area contributed by atoms with Crippen molar-refractivity contribution in [2.24, 2.45) is 0 Å². The highest BCUT2D eigenvalue weighted by Gasteiger charge is 2.16. The number of nitrogens with one attached hydrogen (secondary N) is 3. The standard InChI is InChI=1S/C18H15N5O3S2/c24-16(22-17-20-14-8-4-5-9-15(14)21-17)10-12-11-27-18(19-12)23-28(25,26)13-6-2-1-3-7-13/h1-9,11H,10H2,(H,19,23)(H2,20,21,22,24). The molecule has 0 aliphatic carbocycles. The van der Waals surface area contributed by atoms with Crippen LogP contribution in [0.5, 0.6) is 0 Å². The summed E-state index contributed by atoms with van der Waals surface area (Å²) in [4.78, 5) is 23.9. The fourth-order valence-electron chi connectivity index (χ4n) is 2.56. The quantitative estimate of drug-likeness (QED) is 0.449. The molecule has 2 aromatic heterocycles. The van der Waals surface area contributed by atoms with E-state index in [0.717, 1.165) is 22.4 Å². The first-order valence-corrected chi connectivity index (χ1v) is 10.6. The third kappa shape index (κ3) is 4.02. The molecule has 0 saturated heterocycles. The van der Waals surface area contributed by atoms with E-state index >= 15 is 0 Å². The van der Waals surface area contributed by atoms with Crippen LogP contribution in [0.15, 0.2) is 64.9 Å². The summed E-state index contributed by atoms with van der Waals surface area (Å²) in [6, 6.07) is 15.5. The monoisotopic (exact) mass is 413 g/mol. The number of aromatic amines is 1. The van der Waals surface area contributed by atoms with Crippen LogP contribution < -0.4 is 10.0 Å². The number of H-pyrrole nitrogens is 1. The molecule has 0 radical (unpaired) electrons. The van der Waals surface area contributed by atoms with Crippen LogP contribution in [-0.2, 0) is 21.2 Å². The number of aromatic nitrogens is 3. The number of imidazole rings is 1. The van der Waals surface area contributed by atoms with Crippen molar-refractivity contribution in [1.29, 1.82) is 0 Å². The molecule has 2 aromatic carbocycles. The highest BCUT2D eigenvalue weighted by atomic mass is 32.2. The highest BCUT2D eigenvalue weighted by molar-refractivity contribution is 7.93. The molecule has 0 spiro atoms. The van der Waals surface area contributed by atoms with Crippen molar-refractivity contribution in [3.8, 4) is 0 Å². The number of thiazole rings is 1. The summed E-state index contributed by atoms with van der Waals surface area (Å²) in [6.45, 7) is 0. The normalized spacial score (nSPS) is 11.4. The Balaban J connectivity index is 1.41. The molecule has 8 nitrogen and oxygen atoms in total. The second kappa shape index (κ2) is 7.41. The van der Waals surface area contributed by atoms with Crippen LogP contribution in [0.25, 0.3) is 11.0 Å². The van der Waals surface area contributed by atoms with Crippen LogP contribution in [-0.4, -0.2) is 29.3 Å². The van der Waals surface area contributed by atoms with Crippen LogP contribution >= 0.6 is 11.3 Å². The molecule has 4 aromatic rings.